The molecular formula is C15H25N5. The van der Waals surface area contributed by atoms with Gasteiger partial charge in [0.2, 0.25) is 0 Å². The molecule has 0 radical (unpaired) electrons. The van der Waals surface area contributed by atoms with Crippen molar-refractivity contribution in [1.29, 1.82) is 0 Å². The number of aromatic nitrogens is 4. The summed E-state index contributed by atoms with van der Waals surface area (Å²) in [6, 6.07) is 0.214. The quantitative estimate of drug-likeness (QED) is 0.872. The molecule has 0 spiro atoms. The molecule has 0 saturated carbocycles. The Kier molecular flexibility index (Phi) is 4.60. The maximum absolute atomic E-state index is 6.23. The summed E-state index contributed by atoms with van der Waals surface area (Å²) < 4.78 is 4.01. The summed E-state index contributed by atoms with van der Waals surface area (Å²) in [5, 5.41) is 4.45. The summed E-state index contributed by atoms with van der Waals surface area (Å²) in [6.07, 6.45) is 7.73. The van der Waals surface area contributed by atoms with Gasteiger partial charge in [0.1, 0.15) is 5.82 Å². The zero-order chi connectivity index (χ0) is 14.7. The summed E-state index contributed by atoms with van der Waals surface area (Å²) >= 11 is 0. The third-order valence-corrected chi connectivity index (χ3v) is 4.08. The molecule has 0 aliphatic rings. The van der Waals surface area contributed by atoms with E-state index in [-0.39, 0.29) is 6.04 Å². The van der Waals surface area contributed by atoms with E-state index in [0.29, 0.717) is 0 Å². The number of aryl methyl sites for hydroxylation is 4. The van der Waals surface area contributed by atoms with Crippen molar-refractivity contribution in [3.63, 3.8) is 0 Å². The van der Waals surface area contributed by atoms with Crippen molar-refractivity contribution in [2.24, 2.45) is 19.8 Å². The molecule has 2 aromatic rings. The Balaban J connectivity index is 1.83. The lowest BCUT2D eigenvalue weighted by molar-refractivity contribution is 0.553. The third kappa shape index (κ3) is 3.28. The number of nitrogens with zero attached hydrogens (tertiary/aromatic N) is 4. The standard InChI is InChI=1S/C15H25N5/c1-11-14(12(2)20(4)18-11)7-5-13(16)6-8-15-17-9-10-19(15)3/h9-10,13H,5-8,16H2,1-4H3. The van der Waals surface area contributed by atoms with Crippen molar-refractivity contribution >= 4 is 0 Å². The van der Waals surface area contributed by atoms with Crippen LogP contribution >= 0.6 is 0 Å². The molecule has 0 aliphatic carbocycles. The number of hydrogen-bond acceptors (Lipinski definition) is 3. The van der Waals surface area contributed by atoms with Crippen molar-refractivity contribution in [2.45, 2.75) is 45.6 Å². The molecule has 2 N–H and O–H groups in total. The Morgan fingerprint density at radius 2 is 1.90 bits per heavy atom. The fraction of sp³-hybridized carbons (Fsp3) is 0.600. The van der Waals surface area contributed by atoms with Gasteiger partial charge in [0.05, 0.1) is 5.69 Å². The molecule has 0 bridgehead atoms. The van der Waals surface area contributed by atoms with Crippen LogP contribution in [-0.2, 0) is 26.9 Å². The molecule has 20 heavy (non-hydrogen) atoms. The Hall–Kier alpha value is -1.62. The smallest absolute Gasteiger partial charge is 0.108 e. The van der Waals surface area contributed by atoms with E-state index in [2.05, 4.69) is 28.5 Å². The van der Waals surface area contributed by atoms with Crippen molar-refractivity contribution in [2.75, 3.05) is 0 Å². The molecule has 110 valence electrons. The molecular weight excluding hydrogens is 250 g/mol. The van der Waals surface area contributed by atoms with Gasteiger partial charge < -0.3 is 10.3 Å². The molecule has 5 nitrogen and oxygen atoms in total. The zero-order valence-corrected chi connectivity index (χ0v) is 12.9. The van der Waals surface area contributed by atoms with E-state index >= 15 is 0 Å². The molecule has 0 amide bonds. The molecule has 2 aromatic heterocycles. The minimum absolute atomic E-state index is 0.214. The average molecular weight is 275 g/mol. The second-order valence-electron chi connectivity index (χ2n) is 5.56. The maximum atomic E-state index is 6.23. The van der Waals surface area contributed by atoms with E-state index in [0.717, 1.165) is 37.2 Å². The molecule has 0 aromatic carbocycles. The fourth-order valence-electron chi connectivity index (χ4n) is 2.61. The molecule has 2 heterocycles. The van der Waals surface area contributed by atoms with Gasteiger partial charge in [0.15, 0.2) is 0 Å². The van der Waals surface area contributed by atoms with E-state index in [1.807, 2.05) is 31.2 Å². The van der Waals surface area contributed by atoms with Gasteiger partial charge in [-0.1, -0.05) is 0 Å². The topological polar surface area (TPSA) is 61.7 Å². The van der Waals surface area contributed by atoms with Gasteiger partial charge in [-0.25, -0.2) is 4.98 Å². The molecule has 0 saturated heterocycles. The van der Waals surface area contributed by atoms with Crippen molar-refractivity contribution in [3.05, 3.63) is 35.2 Å². The lowest BCUT2D eigenvalue weighted by atomic mass is 10.0. The number of imidazole rings is 1. The van der Waals surface area contributed by atoms with E-state index < -0.39 is 0 Å². The van der Waals surface area contributed by atoms with Crippen LogP contribution in [-0.4, -0.2) is 25.4 Å². The Morgan fingerprint density at radius 3 is 2.45 bits per heavy atom. The lowest BCUT2D eigenvalue weighted by Gasteiger charge is -2.11. The minimum atomic E-state index is 0.214. The van der Waals surface area contributed by atoms with Gasteiger partial charge in [0.25, 0.3) is 0 Å². The summed E-state index contributed by atoms with van der Waals surface area (Å²) in [5.41, 5.74) is 9.95. The second-order valence-corrected chi connectivity index (χ2v) is 5.56. The van der Waals surface area contributed by atoms with Gasteiger partial charge in [0, 0.05) is 44.6 Å². The molecule has 5 heteroatoms. The fourth-order valence-corrected chi connectivity index (χ4v) is 2.61. The van der Waals surface area contributed by atoms with Crippen molar-refractivity contribution < 1.29 is 0 Å². The maximum Gasteiger partial charge on any atom is 0.108 e. The average Bonchev–Trinajstić information content (AvgIpc) is 2.91. The zero-order valence-electron chi connectivity index (χ0n) is 12.9. The summed E-state index contributed by atoms with van der Waals surface area (Å²) in [5.74, 6) is 1.11. The number of hydrogen-bond donors (Lipinski definition) is 1. The van der Waals surface area contributed by atoms with Gasteiger partial charge >= 0.3 is 0 Å². The monoisotopic (exact) mass is 275 g/mol. The van der Waals surface area contributed by atoms with Crippen LogP contribution in [0.15, 0.2) is 12.4 Å². The summed E-state index contributed by atoms with van der Waals surface area (Å²) in [6.45, 7) is 4.19. The highest BCUT2D eigenvalue weighted by Crippen LogP contribution is 2.15. The molecule has 1 atom stereocenters. The highest BCUT2D eigenvalue weighted by Gasteiger charge is 2.12. The van der Waals surface area contributed by atoms with Crippen molar-refractivity contribution in [3.8, 4) is 0 Å². The molecule has 0 fully saturated rings. The van der Waals surface area contributed by atoms with Crippen LogP contribution in [0.25, 0.3) is 0 Å². The van der Waals surface area contributed by atoms with Crippen LogP contribution < -0.4 is 5.73 Å². The van der Waals surface area contributed by atoms with Crippen LogP contribution in [0.3, 0.4) is 0 Å². The van der Waals surface area contributed by atoms with E-state index in [9.17, 15) is 0 Å². The van der Waals surface area contributed by atoms with Gasteiger partial charge in [-0.3, -0.25) is 4.68 Å². The highest BCUT2D eigenvalue weighted by molar-refractivity contribution is 5.24. The molecule has 0 aliphatic heterocycles. The Bertz CT molecular complexity index is 567. The van der Waals surface area contributed by atoms with Crippen LogP contribution in [0.1, 0.15) is 35.6 Å². The first-order valence-electron chi connectivity index (χ1n) is 7.20. The minimum Gasteiger partial charge on any atom is -0.338 e. The van der Waals surface area contributed by atoms with Crippen LogP contribution in [0.5, 0.6) is 0 Å². The first-order valence-corrected chi connectivity index (χ1v) is 7.20. The first kappa shape index (κ1) is 14.8. The predicted octanol–water partition coefficient (Wildman–Crippen LogP) is 1.66. The van der Waals surface area contributed by atoms with Crippen LogP contribution in [0.4, 0.5) is 0 Å². The SMILES string of the molecule is Cc1nn(C)c(C)c1CCC(N)CCc1nccn1C. The van der Waals surface area contributed by atoms with Crippen molar-refractivity contribution in [1.82, 2.24) is 19.3 Å². The van der Waals surface area contributed by atoms with E-state index in [4.69, 9.17) is 5.73 Å². The van der Waals surface area contributed by atoms with Crippen LogP contribution in [0.2, 0.25) is 0 Å². The number of rotatable bonds is 6. The largest absolute Gasteiger partial charge is 0.338 e. The van der Waals surface area contributed by atoms with Crippen LogP contribution in [0, 0.1) is 13.8 Å². The van der Waals surface area contributed by atoms with Gasteiger partial charge in [-0.15, -0.1) is 0 Å². The van der Waals surface area contributed by atoms with E-state index in [1.54, 1.807) is 0 Å². The normalized spacial score (nSPS) is 12.8. The highest BCUT2D eigenvalue weighted by atomic mass is 15.3. The van der Waals surface area contributed by atoms with Gasteiger partial charge in [-0.2, -0.15) is 5.10 Å². The Labute approximate surface area is 120 Å². The second kappa shape index (κ2) is 6.22. The van der Waals surface area contributed by atoms with E-state index in [1.165, 1.54) is 11.3 Å². The Morgan fingerprint density at radius 1 is 1.20 bits per heavy atom. The first-order chi connectivity index (χ1) is 9.49. The third-order valence-electron chi connectivity index (χ3n) is 4.08. The predicted molar refractivity (Wildman–Crippen MR) is 80.5 cm³/mol. The van der Waals surface area contributed by atoms with Gasteiger partial charge in [-0.05, 0) is 38.7 Å². The molecule has 1 unspecified atom stereocenters. The summed E-state index contributed by atoms with van der Waals surface area (Å²) in [4.78, 5) is 4.33. The number of nitrogens with two attached hydrogens (primary N) is 1. The molecule has 2 rings (SSSR count). The summed E-state index contributed by atoms with van der Waals surface area (Å²) in [7, 11) is 4.02. The lowest BCUT2D eigenvalue weighted by Crippen LogP contribution is -2.22.